The first kappa shape index (κ1) is 18.4. The number of aryl methyl sites for hydroxylation is 1. The second-order valence-corrected chi connectivity index (χ2v) is 7.42. The molecule has 3 aromatic rings. The van der Waals surface area contributed by atoms with E-state index in [0.29, 0.717) is 17.9 Å². The highest BCUT2D eigenvalue weighted by molar-refractivity contribution is 7.22. The Kier molecular flexibility index (Phi) is 5.54. The molecule has 0 aliphatic heterocycles. The van der Waals surface area contributed by atoms with E-state index >= 15 is 0 Å². The van der Waals surface area contributed by atoms with Crippen molar-refractivity contribution in [2.45, 2.75) is 6.92 Å². The van der Waals surface area contributed by atoms with Crippen LogP contribution >= 0.6 is 11.3 Å². The molecule has 1 aromatic heterocycles. The van der Waals surface area contributed by atoms with Gasteiger partial charge in [0, 0.05) is 18.7 Å². The Morgan fingerprint density at radius 1 is 1.15 bits per heavy atom. The molecule has 26 heavy (non-hydrogen) atoms. The molecule has 6 heteroatoms. The van der Waals surface area contributed by atoms with Crippen LogP contribution in [-0.4, -0.2) is 50.1 Å². The van der Waals surface area contributed by atoms with Gasteiger partial charge in [-0.15, -0.1) is 0 Å². The molecule has 2 aromatic carbocycles. The predicted octanol–water partition coefficient (Wildman–Crippen LogP) is 3.82. The lowest BCUT2D eigenvalue weighted by Gasteiger charge is -2.22. The van der Waals surface area contributed by atoms with E-state index in [1.807, 2.05) is 57.4 Å². The van der Waals surface area contributed by atoms with Crippen molar-refractivity contribution in [3.63, 3.8) is 0 Å². The van der Waals surface area contributed by atoms with Crippen LogP contribution < -0.4 is 9.64 Å². The van der Waals surface area contributed by atoms with Gasteiger partial charge in [-0.2, -0.15) is 0 Å². The van der Waals surface area contributed by atoms with Crippen molar-refractivity contribution < 1.29 is 9.53 Å². The van der Waals surface area contributed by atoms with Crippen molar-refractivity contribution in [1.82, 2.24) is 9.88 Å². The van der Waals surface area contributed by atoms with E-state index in [1.165, 1.54) is 0 Å². The molecule has 1 heterocycles. The number of carbonyl (C=O) groups is 1. The maximum atomic E-state index is 13.2. The molecule has 0 fully saturated rings. The Hall–Kier alpha value is -2.44. The van der Waals surface area contributed by atoms with E-state index in [1.54, 1.807) is 29.4 Å². The van der Waals surface area contributed by atoms with Crippen LogP contribution in [0.1, 0.15) is 15.9 Å². The van der Waals surface area contributed by atoms with Crippen LogP contribution in [0, 0.1) is 6.92 Å². The topological polar surface area (TPSA) is 45.7 Å². The van der Waals surface area contributed by atoms with E-state index in [9.17, 15) is 4.79 Å². The van der Waals surface area contributed by atoms with E-state index < -0.39 is 0 Å². The number of likely N-dealkylation sites (N-methyl/N-ethyl adjacent to an activating group) is 1. The van der Waals surface area contributed by atoms with Gasteiger partial charge >= 0.3 is 0 Å². The number of hydrogen-bond donors (Lipinski definition) is 0. The SMILES string of the molecule is COc1cccc(C(=O)N(CCN(C)C)c2nc3c(C)cccc3s2)c1. The van der Waals surface area contributed by atoms with E-state index in [-0.39, 0.29) is 5.91 Å². The quantitative estimate of drug-likeness (QED) is 0.663. The molecule has 0 saturated carbocycles. The number of rotatable bonds is 6. The van der Waals surface area contributed by atoms with Gasteiger partial charge in [0.05, 0.1) is 17.3 Å². The first-order valence-electron chi connectivity index (χ1n) is 8.46. The van der Waals surface area contributed by atoms with Gasteiger partial charge in [0.15, 0.2) is 5.13 Å². The lowest BCUT2D eigenvalue weighted by atomic mass is 10.2. The highest BCUT2D eigenvalue weighted by Gasteiger charge is 2.22. The number of fused-ring (bicyclic) bond motifs is 1. The van der Waals surface area contributed by atoms with Crippen LogP contribution in [0.15, 0.2) is 42.5 Å². The number of methoxy groups -OCH3 is 1. The number of ether oxygens (including phenoxy) is 1. The lowest BCUT2D eigenvalue weighted by molar-refractivity contribution is 0.0985. The van der Waals surface area contributed by atoms with Crippen LogP contribution in [0.5, 0.6) is 5.75 Å². The van der Waals surface area contributed by atoms with E-state index in [4.69, 9.17) is 9.72 Å². The molecule has 0 radical (unpaired) electrons. The highest BCUT2D eigenvalue weighted by Crippen LogP contribution is 2.31. The molecule has 3 rings (SSSR count). The summed E-state index contributed by atoms with van der Waals surface area (Å²) in [6.07, 6.45) is 0. The third kappa shape index (κ3) is 3.86. The predicted molar refractivity (Wildman–Crippen MR) is 108 cm³/mol. The summed E-state index contributed by atoms with van der Waals surface area (Å²) in [5, 5.41) is 0.726. The van der Waals surface area contributed by atoms with Crippen LogP contribution in [0.3, 0.4) is 0 Å². The Labute approximate surface area is 157 Å². The number of carbonyl (C=O) groups excluding carboxylic acids is 1. The largest absolute Gasteiger partial charge is 0.497 e. The van der Waals surface area contributed by atoms with E-state index in [2.05, 4.69) is 4.90 Å². The lowest BCUT2D eigenvalue weighted by Crippen LogP contribution is -2.36. The van der Waals surface area contributed by atoms with Gasteiger partial charge < -0.3 is 9.64 Å². The number of nitrogens with zero attached hydrogens (tertiary/aromatic N) is 3. The monoisotopic (exact) mass is 369 g/mol. The van der Waals surface area contributed by atoms with Gasteiger partial charge in [-0.1, -0.05) is 29.5 Å². The number of benzene rings is 2. The van der Waals surface area contributed by atoms with Gasteiger partial charge in [0.1, 0.15) is 5.75 Å². The Balaban J connectivity index is 2.00. The minimum atomic E-state index is -0.0672. The molecule has 0 saturated heterocycles. The van der Waals surface area contributed by atoms with Crippen molar-refractivity contribution >= 4 is 32.6 Å². The van der Waals surface area contributed by atoms with Crippen LogP contribution in [0.2, 0.25) is 0 Å². The molecule has 5 nitrogen and oxygen atoms in total. The smallest absolute Gasteiger partial charge is 0.260 e. The van der Waals surface area contributed by atoms with E-state index in [0.717, 1.165) is 27.5 Å². The van der Waals surface area contributed by atoms with Crippen LogP contribution in [-0.2, 0) is 0 Å². The third-order valence-corrected chi connectivity index (χ3v) is 5.22. The summed E-state index contributed by atoms with van der Waals surface area (Å²) in [7, 11) is 5.59. The summed E-state index contributed by atoms with van der Waals surface area (Å²) in [4.78, 5) is 21.8. The molecule has 0 aliphatic carbocycles. The van der Waals surface area contributed by atoms with Crippen LogP contribution in [0.25, 0.3) is 10.2 Å². The van der Waals surface area contributed by atoms with Crippen molar-refractivity contribution in [2.75, 3.05) is 39.2 Å². The number of aromatic nitrogens is 1. The van der Waals surface area contributed by atoms with Gasteiger partial charge in [-0.25, -0.2) is 4.98 Å². The fourth-order valence-electron chi connectivity index (χ4n) is 2.69. The minimum Gasteiger partial charge on any atom is -0.497 e. The molecule has 0 atom stereocenters. The fraction of sp³-hybridized carbons (Fsp3) is 0.300. The van der Waals surface area contributed by atoms with Crippen molar-refractivity contribution in [3.8, 4) is 5.75 Å². The van der Waals surface area contributed by atoms with Gasteiger partial charge in [0.25, 0.3) is 5.91 Å². The molecule has 0 bridgehead atoms. The minimum absolute atomic E-state index is 0.0672. The first-order valence-corrected chi connectivity index (χ1v) is 9.28. The summed E-state index contributed by atoms with van der Waals surface area (Å²) in [6.45, 7) is 3.37. The molecule has 1 amide bonds. The summed E-state index contributed by atoms with van der Waals surface area (Å²) in [5.74, 6) is 0.603. The number of para-hydroxylation sites is 1. The molecular formula is C20H23N3O2S. The Bertz CT molecular complexity index is 920. The zero-order chi connectivity index (χ0) is 18.7. The Morgan fingerprint density at radius 3 is 2.62 bits per heavy atom. The normalized spacial score (nSPS) is 11.1. The van der Waals surface area contributed by atoms with Crippen LogP contribution in [0.4, 0.5) is 5.13 Å². The molecule has 0 aliphatic rings. The average Bonchev–Trinajstić information content (AvgIpc) is 3.07. The third-order valence-electron chi connectivity index (χ3n) is 4.17. The van der Waals surface area contributed by atoms with Crippen molar-refractivity contribution in [1.29, 1.82) is 0 Å². The molecule has 0 spiro atoms. The standard InChI is InChI=1S/C20H23N3O2S/c1-14-7-5-10-17-18(14)21-20(26-17)23(12-11-22(2)3)19(24)15-8-6-9-16(13-15)25-4/h5-10,13H,11-12H2,1-4H3. The summed E-state index contributed by atoms with van der Waals surface area (Å²) in [5.41, 5.74) is 2.67. The molecule has 0 N–H and O–H groups in total. The van der Waals surface area contributed by atoms with Gasteiger partial charge in [0.2, 0.25) is 0 Å². The van der Waals surface area contributed by atoms with Gasteiger partial charge in [-0.05, 0) is 50.8 Å². The average molecular weight is 369 g/mol. The summed E-state index contributed by atoms with van der Waals surface area (Å²) in [6, 6.07) is 13.4. The number of anilines is 1. The number of amides is 1. The zero-order valence-corrected chi connectivity index (χ0v) is 16.3. The van der Waals surface area contributed by atoms with Crippen molar-refractivity contribution in [3.05, 3.63) is 53.6 Å². The maximum Gasteiger partial charge on any atom is 0.260 e. The fourth-order valence-corrected chi connectivity index (χ4v) is 3.75. The summed E-state index contributed by atoms with van der Waals surface area (Å²) >= 11 is 1.55. The number of thiazole rings is 1. The second-order valence-electron chi connectivity index (χ2n) is 6.41. The second kappa shape index (κ2) is 7.85. The molecule has 136 valence electrons. The summed E-state index contributed by atoms with van der Waals surface area (Å²) < 4.78 is 6.35. The molecular weight excluding hydrogens is 346 g/mol. The first-order chi connectivity index (χ1) is 12.5. The number of hydrogen-bond acceptors (Lipinski definition) is 5. The van der Waals surface area contributed by atoms with Crippen molar-refractivity contribution in [2.24, 2.45) is 0 Å². The Morgan fingerprint density at radius 2 is 1.92 bits per heavy atom. The zero-order valence-electron chi connectivity index (χ0n) is 15.5. The molecule has 0 unspecified atom stereocenters. The highest BCUT2D eigenvalue weighted by atomic mass is 32.1. The van der Waals surface area contributed by atoms with Gasteiger partial charge in [-0.3, -0.25) is 9.69 Å². The maximum absolute atomic E-state index is 13.2.